The lowest BCUT2D eigenvalue weighted by Crippen LogP contribution is -2.19. The lowest BCUT2D eigenvalue weighted by atomic mass is 9.92. The molecule has 2 aromatic carbocycles. The molecule has 2 atom stereocenters. The molecule has 1 heterocycles. The van der Waals surface area contributed by atoms with E-state index in [2.05, 4.69) is 0 Å². The zero-order valence-corrected chi connectivity index (χ0v) is 18.7. The van der Waals surface area contributed by atoms with E-state index in [0.717, 1.165) is 46.1 Å². The Labute approximate surface area is 195 Å². The van der Waals surface area contributed by atoms with Crippen LogP contribution in [0.1, 0.15) is 42.9 Å². The van der Waals surface area contributed by atoms with Gasteiger partial charge >= 0.3 is 5.97 Å². The molecular formula is C25H23Cl2NO4. The van der Waals surface area contributed by atoms with Gasteiger partial charge in [0.15, 0.2) is 0 Å². The number of carbonyl (C=O) groups is 1. The third-order valence-corrected chi connectivity index (χ3v) is 6.01. The van der Waals surface area contributed by atoms with E-state index in [0.29, 0.717) is 16.0 Å². The van der Waals surface area contributed by atoms with E-state index >= 15 is 0 Å². The Morgan fingerprint density at radius 1 is 1.09 bits per heavy atom. The number of benzene rings is 2. The highest BCUT2D eigenvalue weighted by Crippen LogP contribution is 2.45. The second-order valence-corrected chi connectivity index (χ2v) is 9.02. The van der Waals surface area contributed by atoms with E-state index in [1.54, 1.807) is 6.08 Å². The lowest BCUT2D eigenvalue weighted by molar-refractivity contribution is -0.139. The molecule has 0 spiro atoms. The van der Waals surface area contributed by atoms with Crippen LogP contribution in [0.25, 0.3) is 28.1 Å². The largest absolute Gasteiger partial charge is 0.481 e. The molecule has 1 aliphatic rings. The van der Waals surface area contributed by atoms with E-state index in [1.165, 1.54) is 0 Å². The van der Waals surface area contributed by atoms with Gasteiger partial charge in [-0.3, -0.25) is 9.78 Å². The fourth-order valence-electron chi connectivity index (χ4n) is 3.88. The highest BCUT2D eigenvalue weighted by molar-refractivity contribution is 6.31. The van der Waals surface area contributed by atoms with Gasteiger partial charge in [-0.25, -0.2) is 0 Å². The minimum atomic E-state index is -1.13. The van der Waals surface area contributed by atoms with Gasteiger partial charge in [-0.15, -0.1) is 0 Å². The molecule has 1 aromatic heterocycles. The zero-order valence-electron chi connectivity index (χ0n) is 17.2. The number of aliphatic hydroxyl groups is 2. The van der Waals surface area contributed by atoms with E-state index in [9.17, 15) is 15.0 Å². The van der Waals surface area contributed by atoms with Gasteiger partial charge < -0.3 is 15.3 Å². The van der Waals surface area contributed by atoms with E-state index < -0.39 is 24.6 Å². The molecule has 0 saturated heterocycles. The first kappa shape index (κ1) is 22.7. The third kappa shape index (κ3) is 5.30. The second-order valence-electron chi connectivity index (χ2n) is 8.14. The first-order valence-electron chi connectivity index (χ1n) is 10.5. The number of rotatable bonds is 8. The van der Waals surface area contributed by atoms with Gasteiger partial charge in [-0.05, 0) is 48.7 Å². The number of fused-ring (bicyclic) bond motifs is 1. The molecule has 166 valence electrons. The molecule has 3 aromatic rings. The van der Waals surface area contributed by atoms with Gasteiger partial charge in [0.25, 0.3) is 0 Å². The van der Waals surface area contributed by atoms with Gasteiger partial charge in [0.1, 0.15) is 0 Å². The van der Waals surface area contributed by atoms with Crippen LogP contribution in [0, 0.1) is 0 Å². The van der Waals surface area contributed by atoms with E-state index in [4.69, 9.17) is 33.3 Å². The molecule has 4 rings (SSSR count). The Morgan fingerprint density at radius 3 is 2.44 bits per heavy atom. The van der Waals surface area contributed by atoms with Crippen molar-refractivity contribution in [2.45, 2.75) is 43.8 Å². The minimum Gasteiger partial charge on any atom is -0.481 e. The van der Waals surface area contributed by atoms with Crippen LogP contribution < -0.4 is 0 Å². The van der Waals surface area contributed by atoms with Crippen molar-refractivity contribution in [1.29, 1.82) is 0 Å². The molecule has 0 radical (unpaired) electrons. The van der Waals surface area contributed by atoms with Crippen LogP contribution in [0.4, 0.5) is 0 Å². The molecule has 1 aliphatic carbocycles. The number of aliphatic hydroxyl groups excluding tert-OH is 2. The molecule has 1 fully saturated rings. The molecule has 32 heavy (non-hydrogen) atoms. The van der Waals surface area contributed by atoms with Crippen molar-refractivity contribution >= 4 is 46.2 Å². The van der Waals surface area contributed by atoms with Gasteiger partial charge in [-0.2, -0.15) is 0 Å². The van der Waals surface area contributed by atoms with Gasteiger partial charge in [0.2, 0.25) is 0 Å². The normalized spacial score (nSPS) is 15.9. The number of pyridine rings is 1. The topological polar surface area (TPSA) is 90.7 Å². The molecule has 3 N–H and O–H groups in total. The van der Waals surface area contributed by atoms with Crippen molar-refractivity contribution in [3.05, 3.63) is 69.8 Å². The summed E-state index contributed by atoms with van der Waals surface area (Å²) in [5.74, 6) is -0.763. The Bertz CT molecular complexity index is 1170. The van der Waals surface area contributed by atoms with E-state index in [1.807, 2.05) is 48.5 Å². The molecule has 1 saturated carbocycles. The standard InChI is InChI=1S/C25H23Cl2NO4/c26-16-5-3-14(4-6-16)24-20(9-8-18(29)12-19(30)13-23(31)32)25(15-1-2-15)28-22-10-7-17(27)11-21(22)24/h3-11,15,18-19,29-30H,1-2,12-13H2,(H,31,32). The van der Waals surface area contributed by atoms with Gasteiger partial charge in [-0.1, -0.05) is 47.5 Å². The predicted molar refractivity (Wildman–Crippen MR) is 127 cm³/mol. The summed E-state index contributed by atoms with van der Waals surface area (Å²) in [5.41, 5.74) is 4.59. The van der Waals surface area contributed by atoms with Crippen LogP contribution in [0.2, 0.25) is 10.0 Å². The SMILES string of the molecule is O=C(O)CC(O)CC(O)C=Cc1c(C2CC2)nc2ccc(Cl)cc2c1-c1ccc(Cl)cc1. The highest BCUT2D eigenvalue weighted by atomic mass is 35.5. The summed E-state index contributed by atoms with van der Waals surface area (Å²) in [7, 11) is 0. The smallest absolute Gasteiger partial charge is 0.305 e. The van der Waals surface area contributed by atoms with Crippen molar-refractivity contribution in [1.82, 2.24) is 4.98 Å². The number of nitrogens with zero attached hydrogens (tertiary/aromatic N) is 1. The van der Waals surface area contributed by atoms with Crippen LogP contribution in [-0.2, 0) is 4.79 Å². The van der Waals surface area contributed by atoms with Gasteiger partial charge in [0.05, 0.1) is 29.8 Å². The maximum absolute atomic E-state index is 10.8. The molecule has 0 aliphatic heterocycles. The van der Waals surface area contributed by atoms with Crippen molar-refractivity contribution < 1.29 is 20.1 Å². The van der Waals surface area contributed by atoms with Crippen molar-refractivity contribution in [3.8, 4) is 11.1 Å². The lowest BCUT2D eigenvalue weighted by Gasteiger charge is -2.17. The molecule has 0 amide bonds. The number of carboxylic acid groups (broad SMARTS) is 1. The van der Waals surface area contributed by atoms with Crippen LogP contribution in [0.15, 0.2) is 48.5 Å². The monoisotopic (exact) mass is 471 g/mol. The number of halogens is 2. The average Bonchev–Trinajstić information content (AvgIpc) is 3.56. The highest BCUT2D eigenvalue weighted by Gasteiger charge is 2.29. The Hall–Kier alpha value is -2.44. The molecule has 2 unspecified atom stereocenters. The van der Waals surface area contributed by atoms with E-state index in [-0.39, 0.29) is 6.42 Å². The molecule has 5 nitrogen and oxygen atoms in total. The van der Waals surface area contributed by atoms with Crippen molar-refractivity contribution in [2.75, 3.05) is 0 Å². The number of aromatic nitrogens is 1. The van der Waals surface area contributed by atoms with Crippen LogP contribution in [-0.4, -0.2) is 38.5 Å². The summed E-state index contributed by atoms with van der Waals surface area (Å²) in [6.07, 6.45) is 2.91. The minimum absolute atomic E-state index is 0.0648. The Kier molecular flexibility index (Phi) is 6.82. The third-order valence-electron chi connectivity index (χ3n) is 5.52. The quantitative estimate of drug-likeness (QED) is 0.392. The summed E-state index contributed by atoms with van der Waals surface area (Å²) < 4.78 is 0. The Morgan fingerprint density at radius 2 is 1.78 bits per heavy atom. The van der Waals surface area contributed by atoms with Crippen molar-refractivity contribution in [2.24, 2.45) is 0 Å². The molecule has 0 bridgehead atoms. The predicted octanol–water partition coefficient (Wildman–Crippen LogP) is 5.69. The van der Waals surface area contributed by atoms with Crippen LogP contribution in [0.3, 0.4) is 0 Å². The number of aliphatic carboxylic acids is 1. The molecular weight excluding hydrogens is 449 g/mol. The fourth-order valence-corrected chi connectivity index (χ4v) is 4.18. The first-order valence-corrected chi connectivity index (χ1v) is 11.2. The summed E-state index contributed by atoms with van der Waals surface area (Å²) in [5, 5.41) is 31.2. The van der Waals surface area contributed by atoms with Gasteiger partial charge in [0, 0.05) is 38.9 Å². The number of hydrogen-bond acceptors (Lipinski definition) is 4. The number of carboxylic acids is 1. The Balaban J connectivity index is 1.82. The summed E-state index contributed by atoms with van der Waals surface area (Å²) in [6.45, 7) is 0. The summed E-state index contributed by atoms with van der Waals surface area (Å²) in [6, 6.07) is 13.2. The first-order chi connectivity index (χ1) is 15.3. The zero-order chi connectivity index (χ0) is 22.8. The summed E-state index contributed by atoms with van der Waals surface area (Å²) >= 11 is 12.4. The molecule has 7 heteroatoms. The average molecular weight is 472 g/mol. The van der Waals surface area contributed by atoms with Crippen molar-refractivity contribution in [3.63, 3.8) is 0 Å². The second kappa shape index (κ2) is 9.59. The number of hydrogen-bond donors (Lipinski definition) is 3. The maximum Gasteiger partial charge on any atom is 0.305 e. The maximum atomic E-state index is 10.8. The van der Waals surface area contributed by atoms with Crippen LogP contribution in [0.5, 0.6) is 0 Å². The fraction of sp³-hybridized carbons (Fsp3) is 0.280. The summed E-state index contributed by atoms with van der Waals surface area (Å²) in [4.78, 5) is 15.7. The van der Waals surface area contributed by atoms with Crippen LogP contribution >= 0.6 is 23.2 Å².